The number of hydrogen-bond acceptors (Lipinski definition) is 7. The van der Waals surface area contributed by atoms with Crippen LogP contribution in [0.5, 0.6) is 0 Å². The SMILES string of the molecule is CCc1ccc(N2C3=NC4C(C(=O)N(CC(=O)OC)C(=O)N4C)N3C(C)=C2C)cc1. The van der Waals surface area contributed by atoms with Crippen molar-refractivity contribution < 1.29 is 19.1 Å². The van der Waals surface area contributed by atoms with Crippen LogP contribution >= 0.6 is 0 Å². The van der Waals surface area contributed by atoms with Crippen molar-refractivity contribution in [2.75, 3.05) is 25.6 Å². The highest BCUT2D eigenvalue weighted by Gasteiger charge is 2.56. The minimum atomic E-state index is -0.720. The molecule has 3 aliphatic heterocycles. The summed E-state index contributed by atoms with van der Waals surface area (Å²) in [4.78, 5) is 48.7. The number of aliphatic imine (C=N–C) groups is 1. The highest BCUT2D eigenvalue weighted by Crippen LogP contribution is 2.39. The monoisotopic (exact) mass is 411 g/mol. The summed E-state index contributed by atoms with van der Waals surface area (Å²) in [6.45, 7) is 5.59. The third kappa shape index (κ3) is 2.76. The van der Waals surface area contributed by atoms with Gasteiger partial charge in [-0.3, -0.25) is 24.3 Å². The lowest BCUT2D eigenvalue weighted by molar-refractivity contribution is -0.148. The van der Waals surface area contributed by atoms with E-state index in [4.69, 9.17) is 4.99 Å². The number of rotatable bonds is 4. The largest absolute Gasteiger partial charge is 0.468 e. The number of urea groups is 1. The molecule has 0 aromatic heterocycles. The van der Waals surface area contributed by atoms with Gasteiger partial charge in [0.1, 0.15) is 6.54 Å². The number of likely N-dealkylation sites (N-methyl/N-ethyl adjacent to an activating group) is 1. The summed E-state index contributed by atoms with van der Waals surface area (Å²) in [5, 5.41) is 0. The van der Waals surface area contributed by atoms with Crippen molar-refractivity contribution in [3.05, 3.63) is 41.2 Å². The molecule has 3 heterocycles. The van der Waals surface area contributed by atoms with Gasteiger partial charge in [-0.1, -0.05) is 19.1 Å². The molecule has 1 saturated heterocycles. The molecule has 9 nitrogen and oxygen atoms in total. The van der Waals surface area contributed by atoms with Crippen molar-refractivity contribution >= 4 is 29.6 Å². The molecule has 2 unspecified atom stereocenters. The smallest absolute Gasteiger partial charge is 0.328 e. The molecule has 30 heavy (non-hydrogen) atoms. The fourth-order valence-corrected chi connectivity index (χ4v) is 4.14. The van der Waals surface area contributed by atoms with Gasteiger partial charge in [-0.15, -0.1) is 0 Å². The van der Waals surface area contributed by atoms with Crippen molar-refractivity contribution in [2.24, 2.45) is 4.99 Å². The van der Waals surface area contributed by atoms with Crippen molar-refractivity contribution in [1.82, 2.24) is 14.7 Å². The third-order valence-electron chi connectivity index (χ3n) is 6.01. The van der Waals surface area contributed by atoms with Crippen LogP contribution < -0.4 is 4.90 Å². The maximum atomic E-state index is 13.3. The maximum absolute atomic E-state index is 13.3. The van der Waals surface area contributed by atoms with Crippen LogP contribution in [0.25, 0.3) is 0 Å². The van der Waals surface area contributed by atoms with Gasteiger partial charge < -0.3 is 9.64 Å². The van der Waals surface area contributed by atoms with Gasteiger partial charge in [0.05, 0.1) is 7.11 Å². The molecule has 0 N–H and O–H groups in total. The first-order valence-corrected chi connectivity index (χ1v) is 9.88. The van der Waals surface area contributed by atoms with Crippen LogP contribution in [0.4, 0.5) is 10.5 Å². The molecule has 4 rings (SSSR count). The second-order valence-corrected chi connectivity index (χ2v) is 7.58. The van der Waals surface area contributed by atoms with E-state index in [9.17, 15) is 14.4 Å². The van der Waals surface area contributed by atoms with Gasteiger partial charge >= 0.3 is 12.0 Å². The number of aryl methyl sites for hydroxylation is 1. The molecule has 1 aromatic rings. The summed E-state index contributed by atoms with van der Waals surface area (Å²) >= 11 is 0. The normalized spacial score (nSPS) is 23.2. The number of methoxy groups -OCH3 is 1. The zero-order valence-corrected chi connectivity index (χ0v) is 17.7. The number of benzene rings is 1. The van der Waals surface area contributed by atoms with E-state index in [1.807, 2.05) is 35.8 Å². The maximum Gasteiger partial charge on any atom is 0.328 e. The van der Waals surface area contributed by atoms with Gasteiger partial charge in [0.2, 0.25) is 5.96 Å². The van der Waals surface area contributed by atoms with Gasteiger partial charge in [-0.25, -0.2) is 9.79 Å². The van der Waals surface area contributed by atoms with Crippen LogP contribution in [0.1, 0.15) is 26.3 Å². The summed E-state index contributed by atoms with van der Waals surface area (Å²) in [5.74, 6) is -0.495. The predicted octanol–water partition coefficient (Wildman–Crippen LogP) is 1.75. The summed E-state index contributed by atoms with van der Waals surface area (Å²) in [6.07, 6.45) is 0.289. The number of amides is 3. The number of hydrogen-bond donors (Lipinski definition) is 0. The average molecular weight is 411 g/mol. The highest BCUT2D eigenvalue weighted by molar-refractivity contribution is 6.11. The molecule has 1 aromatic carbocycles. The summed E-state index contributed by atoms with van der Waals surface area (Å²) in [6, 6.07) is 6.93. The molecule has 9 heteroatoms. The first-order valence-electron chi connectivity index (χ1n) is 9.88. The molecule has 3 aliphatic rings. The van der Waals surface area contributed by atoms with E-state index in [0.29, 0.717) is 5.96 Å². The Balaban J connectivity index is 1.72. The lowest BCUT2D eigenvalue weighted by Crippen LogP contribution is -2.65. The van der Waals surface area contributed by atoms with Gasteiger partial charge in [0.25, 0.3) is 5.91 Å². The van der Waals surface area contributed by atoms with Gasteiger partial charge in [0, 0.05) is 24.1 Å². The lowest BCUT2D eigenvalue weighted by Gasteiger charge is -2.40. The Hall–Kier alpha value is -3.36. The van der Waals surface area contributed by atoms with Gasteiger partial charge in [-0.2, -0.15) is 0 Å². The molecule has 2 atom stereocenters. The van der Waals surface area contributed by atoms with Crippen molar-refractivity contribution in [3.8, 4) is 0 Å². The van der Waals surface area contributed by atoms with Crippen LogP contribution in [-0.4, -0.2) is 71.5 Å². The number of esters is 1. The number of fused-ring (bicyclic) bond motifs is 3. The highest BCUT2D eigenvalue weighted by atomic mass is 16.5. The zero-order chi connectivity index (χ0) is 21.7. The molecule has 0 spiro atoms. The number of carbonyl (C=O) groups excluding carboxylic acids is 3. The second-order valence-electron chi connectivity index (χ2n) is 7.58. The Kier molecular flexibility index (Phi) is 4.76. The van der Waals surface area contributed by atoms with E-state index in [2.05, 4.69) is 23.8 Å². The number of allylic oxidation sites excluding steroid dienone is 2. The minimum Gasteiger partial charge on any atom is -0.468 e. The average Bonchev–Trinajstić information content (AvgIpc) is 3.25. The summed E-state index contributed by atoms with van der Waals surface area (Å²) in [7, 11) is 2.82. The third-order valence-corrected chi connectivity index (χ3v) is 6.01. The standard InChI is InChI=1S/C21H25N5O4/c1-6-14-7-9-15(10-8-14)25-12(2)13(3)26-17-18(22-20(25)26)23(4)21(29)24(19(17)28)11-16(27)30-5/h7-10,17-18H,6,11H2,1-5H3. The molecule has 1 fully saturated rings. The molecule has 158 valence electrons. The number of guanidine groups is 1. The first-order chi connectivity index (χ1) is 14.3. The topological polar surface area (TPSA) is 85.8 Å². The first kappa shape index (κ1) is 19.9. The van der Waals surface area contributed by atoms with E-state index in [-0.39, 0.29) is 0 Å². The van der Waals surface area contributed by atoms with Crippen LogP contribution in [0.2, 0.25) is 0 Å². The van der Waals surface area contributed by atoms with Crippen LogP contribution in [0.15, 0.2) is 40.7 Å². The van der Waals surface area contributed by atoms with Gasteiger partial charge in [0.15, 0.2) is 12.2 Å². The zero-order valence-electron chi connectivity index (χ0n) is 17.7. The van der Waals surface area contributed by atoms with Crippen molar-refractivity contribution in [1.29, 1.82) is 0 Å². The fraction of sp³-hybridized carbons (Fsp3) is 0.429. The molecule has 0 radical (unpaired) electrons. The summed E-state index contributed by atoms with van der Waals surface area (Å²) in [5.41, 5.74) is 4.02. The minimum absolute atomic E-state index is 0.422. The molecule has 0 saturated carbocycles. The second kappa shape index (κ2) is 7.16. The van der Waals surface area contributed by atoms with E-state index in [0.717, 1.165) is 28.4 Å². The fourth-order valence-electron chi connectivity index (χ4n) is 4.14. The van der Waals surface area contributed by atoms with Gasteiger partial charge in [-0.05, 0) is 38.0 Å². The lowest BCUT2D eigenvalue weighted by atomic mass is 10.1. The molecule has 0 bridgehead atoms. The van der Waals surface area contributed by atoms with E-state index >= 15 is 0 Å². The molecular weight excluding hydrogens is 386 g/mol. The number of anilines is 1. The number of nitrogens with zero attached hydrogens (tertiary/aromatic N) is 5. The Labute approximate surface area is 175 Å². The molecule has 3 amide bonds. The molecular formula is C21H25N5O4. The van der Waals surface area contributed by atoms with E-state index in [1.165, 1.54) is 17.6 Å². The van der Waals surface area contributed by atoms with E-state index < -0.39 is 36.7 Å². The Morgan fingerprint density at radius 1 is 1.13 bits per heavy atom. The van der Waals surface area contributed by atoms with Crippen LogP contribution in [0, 0.1) is 0 Å². The van der Waals surface area contributed by atoms with Crippen LogP contribution in [-0.2, 0) is 20.7 Å². The van der Waals surface area contributed by atoms with Crippen molar-refractivity contribution in [3.63, 3.8) is 0 Å². The van der Waals surface area contributed by atoms with Crippen LogP contribution in [0.3, 0.4) is 0 Å². The Morgan fingerprint density at radius 2 is 1.80 bits per heavy atom. The Bertz CT molecular complexity index is 984. The molecule has 0 aliphatic carbocycles. The number of carbonyl (C=O) groups is 3. The predicted molar refractivity (Wildman–Crippen MR) is 110 cm³/mol. The summed E-state index contributed by atoms with van der Waals surface area (Å²) < 4.78 is 4.65. The number of ether oxygens (including phenoxy) is 1. The quantitative estimate of drug-likeness (QED) is 0.702. The van der Waals surface area contributed by atoms with E-state index in [1.54, 1.807) is 7.05 Å². The number of imide groups is 1. The van der Waals surface area contributed by atoms with Crippen molar-refractivity contribution in [2.45, 2.75) is 39.4 Å². The Morgan fingerprint density at radius 3 is 2.40 bits per heavy atom.